The summed E-state index contributed by atoms with van der Waals surface area (Å²) >= 11 is 3.42. The summed E-state index contributed by atoms with van der Waals surface area (Å²) in [5.74, 6) is 0.668. The molecule has 0 radical (unpaired) electrons. The maximum Gasteiger partial charge on any atom is 0.246 e. The third kappa shape index (κ3) is 5.75. The van der Waals surface area contributed by atoms with Gasteiger partial charge in [0.25, 0.3) is 0 Å². The van der Waals surface area contributed by atoms with Gasteiger partial charge in [-0.1, -0.05) is 15.9 Å². The third-order valence-corrected chi connectivity index (χ3v) is 3.00. The second-order valence-corrected chi connectivity index (χ2v) is 5.21. The summed E-state index contributed by atoms with van der Waals surface area (Å²) in [6, 6.07) is 5.69. The zero-order chi connectivity index (χ0) is 15.0. The van der Waals surface area contributed by atoms with Crippen LogP contribution in [-0.2, 0) is 9.53 Å². The van der Waals surface area contributed by atoms with Crippen LogP contribution in [0.1, 0.15) is 12.5 Å². The first-order chi connectivity index (χ1) is 9.54. The molecule has 0 aliphatic carbocycles. The maximum atomic E-state index is 11.6. The number of halogens is 1. The zero-order valence-corrected chi connectivity index (χ0v) is 13.6. The van der Waals surface area contributed by atoms with Gasteiger partial charge >= 0.3 is 0 Å². The first kappa shape index (κ1) is 16.7. The minimum atomic E-state index is -0.0646. The lowest BCUT2D eigenvalue weighted by Crippen LogP contribution is -2.18. The number of likely N-dealkylation sites (N-methyl/N-ethyl adjacent to an activating group) is 1. The normalized spacial score (nSPS) is 10.8. The van der Waals surface area contributed by atoms with Gasteiger partial charge in [-0.05, 0) is 31.2 Å². The van der Waals surface area contributed by atoms with E-state index in [4.69, 9.17) is 9.47 Å². The summed E-state index contributed by atoms with van der Waals surface area (Å²) in [6.07, 6.45) is 3.28. The first-order valence-electron chi connectivity index (χ1n) is 6.44. The maximum absolute atomic E-state index is 11.6. The van der Waals surface area contributed by atoms with Crippen LogP contribution in [0.2, 0.25) is 0 Å². The summed E-state index contributed by atoms with van der Waals surface area (Å²) in [5.41, 5.74) is 0.853. The van der Waals surface area contributed by atoms with Crippen LogP contribution in [0.15, 0.2) is 28.7 Å². The summed E-state index contributed by atoms with van der Waals surface area (Å²) < 4.78 is 11.8. The number of carbonyl (C=O) groups is 1. The number of carbonyl (C=O) groups excluding carboxylic acids is 1. The Balaban J connectivity index is 2.77. The van der Waals surface area contributed by atoms with Crippen molar-refractivity contribution in [2.24, 2.45) is 0 Å². The van der Waals surface area contributed by atoms with Crippen molar-refractivity contribution in [1.82, 2.24) is 4.90 Å². The summed E-state index contributed by atoms with van der Waals surface area (Å²) in [4.78, 5) is 13.1. The third-order valence-electron chi connectivity index (χ3n) is 2.51. The smallest absolute Gasteiger partial charge is 0.246 e. The summed E-state index contributed by atoms with van der Waals surface area (Å²) in [7, 11) is 3.43. The Labute approximate surface area is 128 Å². The number of benzene rings is 1. The average molecular weight is 342 g/mol. The Morgan fingerprint density at radius 1 is 1.35 bits per heavy atom. The highest BCUT2D eigenvalue weighted by Crippen LogP contribution is 2.24. The lowest BCUT2D eigenvalue weighted by molar-refractivity contribution is -0.123. The summed E-state index contributed by atoms with van der Waals surface area (Å²) in [6.45, 7) is 3.65. The van der Waals surface area contributed by atoms with Crippen molar-refractivity contribution in [1.29, 1.82) is 0 Å². The van der Waals surface area contributed by atoms with Gasteiger partial charge in [-0.3, -0.25) is 4.79 Å². The lowest BCUT2D eigenvalue weighted by atomic mass is 10.2. The van der Waals surface area contributed by atoms with E-state index in [1.165, 1.54) is 11.0 Å². The quantitative estimate of drug-likeness (QED) is 0.565. The van der Waals surface area contributed by atoms with E-state index in [1.807, 2.05) is 25.1 Å². The van der Waals surface area contributed by atoms with Gasteiger partial charge in [0.05, 0.1) is 6.61 Å². The van der Waals surface area contributed by atoms with Crippen molar-refractivity contribution in [3.63, 3.8) is 0 Å². The number of hydrogen-bond donors (Lipinski definition) is 0. The molecule has 20 heavy (non-hydrogen) atoms. The van der Waals surface area contributed by atoms with Gasteiger partial charge in [0.1, 0.15) is 12.4 Å². The number of rotatable bonds is 7. The number of nitrogens with zero attached hydrogens (tertiary/aromatic N) is 1. The standard InChI is InChI=1S/C15H20BrNO3/c1-4-19-9-10-20-14-7-6-13(16)11-12(14)5-8-15(18)17(2)3/h5-8,11H,4,9-10H2,1-3H3/b8-5+. The van der Waals surface area contributed by atoms with Crippen molar-refractivity contribution in [3.05, 3.63) is 34.3 Å². The molecule has 1 amide bonds. The van der Waals surface area contributed by atoms with Crippen molar-refractivity contribution < 1.29 is 14.3 Å². The second kappa shape index (κ2) is 8.76. The van der Waals surface area contributed by atoms with E-state index in [0.29, 0.717) is 19.8 Å². The van der Waals surface area contributed by atoms with Crippen molar-refractivity contribution in [2.75, 3.05) is 33.9 Å². The molecule has 0 aliphatic heterocycles. The predicted molar refractivity (Wildman–Crippen MR) is 83.9 cm³/mol. The molecular formula is C15H20BrNO3. The van der Waals surface area contributed by atoms with Gasteiger partial charge in [-0.25, -0.2) is 0 Å². The fraction of sp³-hybridized carbons (Fsp3) is 0.400. The first-order valence-corrected chi connectivity index (χ1v) is 7.23. The van der Waals surface area contributed by atoms with Crippen LogP contribution in [0.4, 0.5) is 0 Å². The van der Waals surface area contributed by atoms with Gasteiger partial charge in [0.2, 0.25) is 5.91 Å². The van der Waals surface area contributed by atoms with Crippen molar-refractivity contribution >= 4 is 27.9 Å². The molecule has 0 saturated heterocycles. The van der Waals surface area contributed by atoms with Crippen LogP contribution in [0, 0.1) is 0 Å². The molecule has 110 valence electrons. The number of amides is 1. The highest BCUT2D eigenvalue weighted by Gasteiger charge is 2.04. The van der Waals surface area contributed by atoms with E-state index in [-0.39, 0.29) is 5.91 Å². The number of hydrogen-bond acceptors (Lipinski definition) is 3. The topological polar surface area (TPSA) is 38.8 Å². The molecule has 4 nitrogen and oxygen atoms in total. The SMILES string of the molecule is CCOCCOc1ccc(Br)cc1/C=C/C(=O)N(C)C. The van der Waals surface area contributed by atoms with E-state index in [0.717, 1.165) is 15.8 Å². The molecule has 0 spiro atoms. The van der Waals surface area contributed by atoms with Crippen LogP contribution in [0.5, 0.6) is 5.75 Å². The van der Waals surface area contributed by atoms with Gasteiger partial charge in [0.15, 0.2) is 0 Å². The Hall–Kier alpha value is -1.33. The Kier molecular flexibility index (Phi) is 7.33. The molecular weight excluding hydrogens is 322 g/mol. The molecule has 0 fully saturated rings. The fourth-order valence-corrected chi connectivity index (χ4v) is 1.82. The second-order valence-electron chi connectivity index (χ2n) is 4.29. The number of ether oxygens (including phenoxy) is 2. The molecule has 0 aliphatic rings. The molecule has 0 bridgehead atoms. The minimum absolute atomic E-state index is 0.0646. The molecule has 0 N–H and O–H groups in total. The largest absolute Gasteiger partial charge is 0.491 e. The van der Waals surface area contributed by atoms with Crippen LogP contribution in [-0.4, -0.2) is 44.7 Å². The van der Waals surface area contributed by atoms with Gasteiger partial charge in [-0.2, -0.15) is 0 Å². The molecule has 1 rings (SSSR count). The van der Waals surface area contributed by atoms with Crippen LogP contribution >= 0.6 is 15.9 Å². The summed E-state index contributed by atoms with van der Waals surface area (Å²) in [5, 5.41) is 0. The molecule has 1 aromatic rings. The Morgan fingerprint density at radius 3 is 2.75 bits per heavy atom. The Morgan fingerprint density at radius 2 is 2.10 bits per heavy atom. The zero-order valence-electron chi connectivity index (χ0n) is 12.1. The van der Waals surface area contributed by atoms with E-state index in [1.54, 1.807) is 20.2 Å². The van der Waals surface area contributed by atoms with Gasteiger partial charge < -0.3 is 14.4 Å². The molecule has 0 saturated carbocycles. The highest BCUT2D eigenvalue weighted by molar-refractivity contribution is 9.10. The molecule has 0 heterocycles. The van der Waals surface area contributed by atoms with Crippen LogP contribution in [0.3, 0.4) is 0 Å². The van der Waals surface area contributed by atoms with Crippen LogP contribution in [0.25, 0.3) is 6.08 Å². The average Bonchev–Trinajstić information content (AvgIpc) is 2.42. The van der Waals surface area contributed by atoms with E-state index < -0.39 is 0 Å². The van der Waals surface area contributed by atoms with Crippen molar-refractivity contribution in [3.8, 4) is 5.75 Å². The van der Waals surface area contributed by atoms with E-state index in [9.17, 15) is 4.79 Å². The molecule has 0 aromatic heterocycles. The van der Waals surface area contributed by atoms with Gasteiger partial charge in [0, 0.05) is 36.8 Å². The molecule has 0 atom stereocenters. The van der Waals surface area contributed by atoms with Gasteiger partial charge in [-0.15, -0.1) is 0 Å². The van der Waals surface area contributed by atoms with Crippen molar-refractivity contribution in [2.45, 2.75) is 6.92 Å². The minimum Gasteiger partial charge on any atom is -0.491 e. The van der Waals surface area contributed by atoms with E-state index in [2.05, 4.69) is 15.9 Å². The molecule has 1 aromatic carbocycles. The molecule has 0 unspecified atom stereocenters. The monoisotopic (exact) mass is 341 g/mol. The Bertz CT molecular complexity index is 472. The molecule has 5 heteroatoms. The van der Waals surface area contributed by atoms with E-state index >= 15 is 0 Å². The highest BCUT2D eigenvalue weighted by atomic mass is 79.9. The fourth-order valence-electron chi connectivity index (χ4n) is 1.45. The predicted octanol–water partition coefficient (Wildman–Crippen LogP) is 2.97. The van der Waals surface area contributed by atoms with Crippen LogP contribution < -0.4 is 4.74 Å². The lowest BCUT2D eigenvalue weighted by Gasteiger charge is -2.10.